The zero-order valence-corrected chi connectivity index (χ0v) is 23.9. The van der Waals surface area contributed by atoms with Gasteiger partial charge in [-0.1, -0.05) is 0 Å². The molecular weight excluding hydrogens is 620 g/mol. The fourth-order valence-electron chi connectivity index (χ4n) is 4.39. The van der Waals surface area contributed by atoms with Crippen molar-refractivity contribution in [1.82, 2.24) is 37.6 Å². The smallest absolute Gasteiger partial charge is 0.330 e. The van der Waals surface area contributed by atoms with Crippen LogP contribution in [0.25, 0.3) is 0 Å². The Kier molecular flexibility index (Phi) is 12.0. The number of nitrogens with one attached hydrogen (secondary N) is 2. The zero-order valence-electron chi connectivity index (χ0n) is 22.2. The molecule has 2 saturated heterocycles. The van der Waals surface area contributed by atoms with Crippen molar-refractivity contribution >= 4 is 16.8 Å². The van der Waals surface area contributed by atoms with Gasteiger partial charge in [-0.3, -0.25) is 28.7 Å². The van der Waals surface area contributed by atoms with Gasteiger partial charge in [0, 0.05) is 24.5 Å². The van der Waals surface area contributed by atoms with Crippen LogP contribution in [-0.4, -0.2) is 92.2 Å². The Morgan fingerprint density at radius 3 is 1.86 bits per heavy atom. The number of ether oxygens (including phenoxy) is 2. The van der Waals surface area contributed by atoms with Crippen LogP contribution < -0.4 is 55.6 Å². The van der Waals surface area contributed by atoms with Gasteiger partial charge < -0.3 is 74.9 Å². The van der Waals surface area contributed by atoms with Crippen molar-refractivity contribution < 1.29 is 54.1 Å². The maximum Gasteiger partial charge on any atom is 0.330 e. The molecule has 42 heavy (non-hydrogen) atoms. The number of hydrogen-bond acceptors (Lipinski definition) is 14. The number of aliphatic hydroxyl groups is 5. The monoisotopic (exact) mass is 653 g/mol. The number of halogens is 1. The second-order valence-electron chi connectivity index (χ2n) is 8.51. The van der Waals surface area contributed by atoms with Crippen LogP contribution in [0.2, 0.25) is 0 Å². The second-order valence-corrected chi connectivity index (χ2v) is 13.7. The first-order chi connectivity index (χ1) is 18.1. The van der Waals surface area contributed by atoms with Crippen molar-refractivity contribution in [2.45, 2.75) is 53.4 Å². The molecule has 0 bridgehead atoms. The zero-order chi connectivity index (χ0) is 29.0. The summed E-state index contributed by atoms with van der Waals surface area (Å²) in [5.41, 5.74) is -6.96. The van der Waals surface area contributed by atoms with Crippen LogP contribution >= 0.6 is 6.72 Å². The fourth-order valence-corrected chi connectivity index (χ4v) is 9.50. The average molecular weight is 654 g/mol. The lowest BCUT2D eigenvalue weighted by molar-refractivity contribution is -0.411. The van der Waals surface area contributed by atoms with E-state index in [0.717, 1.165) is 24.5 Å². The van der Waals surface area contributed by atoms with E-state index < -0.39 is 99.3 Å². The van der Waals surface area contributed by atoms with E-state index in [4.69, 9.17) is 9.47 Å². The third-order valence-electron chi connectivity index (χ3n) is 6.19. The van der Waals surface area contributed by atoms with Gasteiger partial charge in [0.2, 0.25) is 0 Å². The lowest BCUT2D eigenvalue weighted by Gasteiger charge is -2.58. The van der Waals surface area contributed by atoms with E-state index >= 15 is 4.39 Å². The first-order valence-electron chi connectivity index (χ1n) is 10.8. The summed E-state index contributed by atoms with van der Waals surface area (Å²) in [4.78, 5) is 84.0. The minimum absolute atomic E-state index is 0. The highest BCUT2D eigenvalue weighted by Gasteiger charge is 2.61. The van der Waals surface area contributed by atoms with Crippen molar-refractivity contribution in [2.75, 3.05) is 6.61 Å². The third-order valence-corrected chi connectivity index (χ3v) is 11.5. The Labute approximate surface area is 235 Å². The molecular formula is C18H33FN7O14PS. The topological polar surface area (TPSA) is 408 Å². The van der Waals surface area contributed by atoms with Gasteiger partial charge in [0.25, 0.3) is 11.1 Å². The molecule has 0 aromatic carbocycles. The Balaban J connectivity index is 0.00000294. The molecule has 2 fully saturated rings. The van der Waals surface area contributed by atoms with E-state index in [0.29, 0.717) is 9.13 Å². The van der Waals surface area contributed by atoms with E-state index in [1.807, 2.05) is 4.98 Å². The Hall–Kier alpha value is -2.45. The molecule has 4 heterocycles. The molecule has 0 amide bonds. The minimum Gasteiger partial charge on any atom is -0.848 e. The number of aromatic nitrogens is 4. The molecule has 2 aromatic rings. The van der Waals surface area contributed by atoms with Crippen LogP contribution in [0.3, 0.4) is 0 Å². The van der Waals surface area contributed by atoms with Crippen molar-refractivity contribution in [1.29, 1.82) is 0 Å². The van der Waals surface area contributed by atoms with E-state index in [1.165, 1.54) is 0 Å². The molecule has 4 rings (SSSR count). The largest absolute Gasteiger partial charge is 0.848 e. The molecule has 2 aromatic heterocycles. The molecule has 242 valence electrons. The molecule has 0 aliphatic carbocycles. The van der Waals surface area contributed by atoms with Crippen molar-refractivity contribution in [3.63, 3.8) is 0 Å². The maximum atomic E-state index is 15.8. The van der Waals surface area contributed by atoms with Crippen LogP contribution in [0.1, 0.15) is 12.5 Å². The Bertz CT molecular complexity index is 1540. The molecule has 0 saturated carbocycles. The van der Waals surface area contributed by atoms with Gasteiger partial charge in [-0.2, -0.15) is 10.1 Å². The normalized spacial score (nSPS) is 32.3. The van der Waals surface area contributed by atoms with Gasteiger partial charge in [-0.05, 0) is 0 Å². The highest BCUT2D eigenvalue weighted by atomic mass is 32.5. The summed E-state index contributed by atoms with van der Waals surface area (Å²) in [6, 6.07) is 1.59. The van der Waals surface area contributed by atoms with Crippen LogP contribution in [0.15, 0.2) is 43.7 Å². The number of alkyl halides is 1. The lowest BCUT2D eigenvalue weighted by Crippen LogP contribution is -2.59. The fraction of sp³-hybridized carbons (Fsp3) is 0.556. The van der Waals surface area contributed by atoms with Gasteiger partial charge >= 0.3 is 11.4 Å². The van der Waals surface area contributed by atoms with E-state index in [1.54, 1.807) is 4.98 Å². The molecule has 24 heteroatoms. The van der Waals surface area contributed by atoms with Gasteiger partial charge in [0.1, 0.15) is 29.9 Å². The van der Waals surface area contributed by atoms with Crippen LogP contribution in [-0.2, 0) is 19.5 Å². The highest BCUT2D eigenvalue weighted by Crippen LogP contribution is 2.48. The summed E-state index contributed by atoms with van der Waals surface area (Å²) in [5.74, 6) is 0. The van der Waals surface area contributed by atoms with Gasteiger partial charge in [-0.15, -0.1) is 0 Å². The van der Waals surface area contributed by atoms with Crippen molar-refractivity contribution in [3.05, 3.63) is 66.2 Å². The number of quaternary nitrogens is 3. The highest BCUT2D eigenvalue weighted by molar-refractivity contribution is 8.27. The summed E-state index contributed by atoms with van der Waals surface area (Å²) in [7, 11) is -3.53. The molecule has 2 aliphatic rings. The second kappa shape index (κ2) is 13.5. The number of aromatic amines is 2. The summed E-state index contributed by atoms with van der Waals surface area (Å²) < 4.78 is 27.1. The number of H-pyrrole nitrogens is 2. The minimum atomic E-state index is -6.32. The SMILES string of the molecule is O=c1ccn([C@@H]2O[C@H](C(O)S([C@@]3(O)[C@@H](CO)O[C@@H](n4ccc(=O)[nH]c4=O)[C@@H]3F)=P([O-])([O-])[O-])[C@@H](O)[C@H]2O)c(=O)[nH]1.[NH4+].[NH4+].[NH4+]. The van der Waals surface area contributed by atoms with Crippen LogP contribution in [0.5, 0.6) is 0 Å². The average Bonchev–Trinajstić information content (AvgIpc) is 3.26. The van der Waals surface area contributed by atoms with Gasteiger partial charge in [-0.25, -0.2) is 14.0 Å². The van der Waals surface area contributed by atoms with Gasteiger partial charge in [0.05, 0.1) is 6.61 Å². The summed E-state index contributed by atoms with van der Waals surface area (Å²) in [5, 5.41) is 52.8. The number of aliphatic hydroxyl groups excluding tert-OH is 4. The molecule has 19 N–H and O–H groups in total. The summed E-state index contributed by atoms with van der Waals surface area (Å²) in [6.07, 6.45) is -14.3. The lowest BCUT2D eigenvalue weighted by atomic mass is 10.1. The first-order valence-corrected chi connectivity index (χ1v) is 14.3. The number of hydrogen-bond donors (Lipinski definition) is 10. The Morgan fingerprint density at radius 2 is 1.43 bits per heavy atom. The molecule has 2 aliphatic heterocycles. The van der Waals surface area contributed by atoms with Crippen LogP contribution in [0.4, 0.5) is 4.39 Å². The van der Waals surface area contributed by atoms with Crippen molar-refractivity contribution in [3.8, 4) is 0 Å². The quantitative estimate of drug-likeness (QED) is 0.130. The summed E-state index contributed by atoms with van der Waals surface area (Å²) in [6.45, 7) is -7.66. The molecule has 10 atom stereocenters. The van der Waals surface area contributed by atoms with E-state index in [2.05, 4.69) is 0 Å². The maximum absolute atomic E-state index is 15.8. The summed E-state index contributed by atoms with van der Waals surface area (Å²) >= 11 is 0. The first kappa shape index (κ1) is 37.6. The third kappa shape index (κ3) is 6.26. The molecule has 21 nitrogen and oxygen atoms in total. The molecule has 0 spiro atoms. The van der Waals surface area contributed by atoms with E-state index in [9.17, 15) is 59.4 Å². The standard InChI is InChI=1S/C18H21FN4O14PS.3H3N/c19-12-14(23-4-2-8(26)21-17(23)31)36-6(5-24)18(12,32)39(38(33,34)35)15(29)11-9(27)10(28)13(37-11)22-3-1-7(25)20-16(22)30;;;/h1-4,6,9-15,24,27-29,32H,5H2,(H2-3,20,21,25,26,30,31,33,34,35);3*1H3/q-3;;;/p+3/t6-,9+,10-,11+,12+,13-,14-,15?,18+,39?;;;/m1.../s1. The predicted molar refractivity (Wildman–Crippen MR) is 138 cm³/mol. The molecule has 2 unspecified atom stereocenters. The Morgan fingerprint density at radius 1 is 0.952 bits per heavy atom. The number of nitrogens with zero attached hydrogens (tertiary/aromatic N) is 2. The van der Waals surface area contributed by atoms with E-state index in [-0.39, 0.29) is 18.5 Å². The molecule has 0 radical (unpaired) electrons. The van der Waals surface area contributed by atoms with Gasteiger partial charge in [0.15, 0.2) is 23.6 Å². The van der Waals surface area contributed by atoms with Crippen LogP contribution in [0, 0.1) is 0 Å². The van der Waals surface area contributed by atoms with Crippen molar-refractivity contribution in [2.24, 2.45) is 0 Å². The number of rotatable bonds is 6. The predicted octanol–water partition coefficient (Wildman–Crippen LogP) is -6.55.